The number of nitrogens with one attached hydrogen (secondary N) is 1. The van der Waals surface area contributed by atoms with Crippen LogP contribution in [0.2, 0.25) is 0 Å². The predicted molar refractivity (Wildman–Crippen MR) is 107 cm³/mol. The summed E-state index contributed by atoms with van der Waals surface area (Å²) in [5.41, 5.74) is 1.77. The van der Waals surface area contributed by atoms with E-state index in [2.05, 4.69) is 27.3 Å². The maximum absolute atomic E-state index is 12.6. The van der Waals surface area contributed by atoms with Crippen LogP contribution in [0.1, 0.15) is 34.8 Å². The Bertz CT molecular complexity index is 738. The van der Waals surface area contributed by atoms with Crippen molar-refractivity contribution < 1.29 is 9.53 Å². The highest BCUT2D eigenvalue weighted by Gasteiger charge is 2.24. The fraction of sp³-hybridized carbons (Fsp3) is 0.429. The van der Waals surface area contributed by atoms with Gasteiger partial charge in [0, 0.05) is 26.8 Å². The Morgan fingerprint density at radius 1 is 1.19 bits per heavy atom. The first-order valence-corrected chi connectivity index (χ1v) is 9.38. The third kappa shape index (κ3) is 4.77. The van der Waals surface area contributed by atoms with Crippen LogP contribution in [-0.4, -0.2) is 56.6 Å². The molecular weight excluding hydrogens is 340 g/mol. The van der Waals surface area contributed by atoms with Crippen LogP contribution in [-0.2, 0) is 0 Å². The van der Waals surface area contributed by atoms with E-state index >= 15 is 0 Å². The summed E-state index contributed by atoms with van der Waals surface area (Å²) in [6, 6.07) is 12.0. The third-order valence-electron chi connectivity index (χ3n) is 5.01. The molecule has 1 atom stereocenters. The van der Waals surface area contributed by atoms with Gasteiger partial charge in [0.1, 0.15) is 11.6 Å². The van der Waals surface area contributed by atoms with Crippen molar-refractivity contribution in [2.24, 2.45) is 0 Å². The van der Waals surface area contributed by atoms with Gasteiger partial charge in [-0.15, -0.1) is 0 Å². The largest absolute Gasteiger partial charge is 0.497 e. The van der Waals surface area contributed by atoms with E-state index in [1.165, 1.54) is 18.4 Å². The van der Waals surface area contributed by atoms with Crippen LogP contribution in [0, 0.1) is 0 Å². The fourth-order valence-corrected chi connectivity index (χ4v) is 3.41. The van der Waals surface area contributed by atoms with Crippen molar-refractivity contribution in [1.29, 1.82) is 0 Å². The van der Waals surface area contributed by atoms with Crippen molar-refractivity contribution in [2.45, 2.75) is 18.9 Å². The average molecular weight is 368 g/mol. The topological polar surface area (TPSA) is 57.7 Å². The van der Waals surface area contributed by atoms with Gasteiger partial charge < -0.3 is 15.0 Å². The summed E-state index contributed by atoms with van der Waals surface area (Å²) >= 11 is 0. The molecule has 1 saturated heterocycles. The number of hydrogen-bond donors (Lipinski definition) is 1. The van der Waals surface area contributed by atoms with E-state index in [1.54, 1.807) is 13.3 Å². The predicted octanol–water partition coefficient (Wildman–Crippen LogP) is 2.72. The van der Waals surface area contributed by atoms with Crippen LogP contribution in [0.15, 0.2) is 42.6 Å². The zero-order chi connectivity index (χ0) is 19.2. The number of carbonyl (C=O) groups is 1. The lowest BCUT2D eigenvalue weighted by Crippen LogP contribution is -2.36. The lowest BCUT2D eigenvalue weighted by atomic mass is 10.0. The molecular formula is C21H28N4O2. The molecule has 1 unspecified atom stereocenters. The Balaban J connectivity index is 1.69. The number of benzene rings is 1. The number of nitrogens with zero attached hydrogens (tertiary/aromatic N) is 3. The van der Waals surface area contributed by atoms with E-state index in [0.717, 1.165) is 24.7 Å². The van der Waals surface area contributed by atoms with Gasteiger partial charge in [-0.3, -0.25) is 9.69 Å². The van der Waals surface area contributed by atoms with Gasteiger partial charge in [0.2, 0.25) is 0 Å². The molecule has 1 N–H and O–H groups in total. The molecule has 0 bridgehead atoms. The molecule has 1 aromatic heterocycles. The van der Waals surface area contributed by atoms with Gasteiger partial charge in [-0.25, -0.2) is 4.98 Å². The van der Waals surface area contributed by atoms with E-state index in [9.17, 15) is 4.79 Å². The SMILES string of the molecule is COc1ccc(C(CNC(=O)c2ccc(N(C)C)nc2)N2CCCC2)cc1. The first kappa shape index (κ1) is 19.2. The molecule has 1 amide bonds. The summed E-state index contributed by atoms with van der Waals surface area (Å²) in [6.45, 7) is 2.69. The van der Waals surface area contributed by atoms with E-state index in [4.69, 9.17) is 4.74 Å². The minimum Gasteiger partial charge on any atom is -0.497 e. The second kappa shape index (κ2) is 8.86. The van der Waals surface area contributed by atoms with Crippen molar-refractivity contribution in [3.63, 3.8) is 0 Å². The van der Waals surface area contributed by atoms with Crippen LogP contribution in [0.4, 0.5) is 5.82 Å². The number of aromatic nitrogens is 1. The smallest absolute Gasteiger partial charge is 0.252 e. The fourth-order valence-electron chi connectivity index (χ4n) is 3.41. The first-order valence-electron chi connectivity index (χ1n) is 9.38. The number of carbonyl (C=O) groups excluding carboxylic acids is 1. The number of likely N-dealkylation sites (tertiary alicyclic amines) is 1. The number of amides is 1. The maximum Gasteiger partial charge on any atom is 0.252 e. The van der Waals surface area contributed by atoms with Gasteiger partial charge in [0.15, 0.2) is 0 Å². The quantitative estimate of drug-likeness (QED) is 0.814. The van der Waals surface area contributed by atoms with E-state index in [-0.39, 0.29) is 11.9 Å². The van der Waals surface area contributed by atoms with E-state index in [1.807, 2.05) is 43.3 Å². The molecule has 27 heavy (non-hydrogen) atoms. The van der Waals surface area contributed by atoms with Crippen molar-refractivity contribution >= 4 is 11.7 Å². The number of methoxy groups -OCH3 is 1. The van der Waals surface area contributed by atoms with Gasteiger partial charge in [-0.05, 0) is 55.8 Å². The molecule has 0 spiro atoms. The molecule has 1 aromatic carbocycles. The standard InChI is InChI=1S/C21H28N4O2/c1-24(2)20-11-8-17(14-22-20)21(26)23-15-19(25-12-4-5-13-25)16-6-9-18(27-3)10-7-16/h6-11,14,19H,4-5,12-13,15H2,1-3H3,(H,23,26). The Morgan fingerprint density at radius 2 is 1.89 bits per heavy atom. The Morgan fingerprint density at radius 3 is 2.44 bits per heavy atom. The molecule has 144 valence electrons. The minimum atomic E-state index is -0.0921. The second-order valence-corrected chi connectivity index (χ2v) is 7.04. The second-order valence-electron chi connectivity index (χ2n) is 7.04. The zero-order valence-corrected chi connectivity index (χ0v) is 16.3. The van der Waals surface area contributed by atoms with Crippen molar-refractivity contribution in [2.75, 3.05) is 45.7 Å². The first-order chi connectivity index (χ1) is 13.1. The molecule has 0 aliphatic carbocycles. The van der Waals surface area contributed by atoms with Crippen molar-refractivity contribution in [1.82, 2.24) is 15.2 Å². The number of anilines is 1. The number of rotatable bonds is 7. The third-order valence-corrected chi connectivity index (χ3v) is 5.01. The van der Waals surface area contributed by atoms with Crippen molar-refractivity contribution in [3.8, 4) is 5.75 Å². The summed E-state index contributed by atoms with van der Waals surface area (Å²) < 4.78 is 5.26. The highest BCUT2D eigenvalue weighted by molar-refractivity contribution is 5.94. The molecule has 2 aromatic rings. The minimum absolute atomic E-state index is 0.0921. The summed E-state index contributed by atoms with van der Waals surface area (Å²) in [5.74, 6) is 1.58. The Hall–Kier alpha value is -2.60. The number of ether oxygens (including phenoxy) is 1. The summed E-state index contributed by atoms with van der Waals surface area (Å²) in [6.07, 6.45) is 4.04. The molecule has 2 heterocycles. The van der Waals surface area contributed by atoms with Crippen LogP contribution in [0.3, 0.4) is 0 Å². The molecule has 6 heteroatoms. The van der Waals surface area contributed by atoms with Crippen LogP contribution in [0.5, 0.6) is 5.75 Å². The highest BCUT2D eigenvalue weighted by atomic mass is 16.5. The van der Waals surface area contributed by atoms with Gasteiger partial charge in [0.05, 0.1) is 18.7 Å². The highest BCUT2D eigenvalue weighted by Crippen LogP contribution is 2.26. The molecule has 6 nitrogen and oxygen atoms in total. The maximum atomic E-state index is 12.6. The molecule has 0 saturated carbocycles. The van der Waals surface area contributed by atoms with Crippen LogP contribution < -0.4 is 15.0 Å². The van der Waals surface area contributed by atoms with Gasteiger partial charge >= 0.3 is 0 Å². The van der Waals surface area contributed by atoms with Gasteiger partial charge in [-0.2, -0.15) is 0 Å². The molecule has 1 aliphatic rings. The number of hydrogen-bond acceptors (Lipinski definition) is 5. The Kier molecular flexibility index (Phi) is 6.29. The van der Waals surface area contributed by atoms with Gasteiger partial charge in [-0.1, -0.05) is 12.1 Å². The molecule has 0 radical (unpaired) electrons. The lowest BCUT2D eigenvalue weighted by molar-refractivity contribution is 0.0937. The summed E-state index contributed by atoms with van der Waals surface area (Å²) in [4.78, 5) is 21.2. The van der Waals surface area contributed by atoms with Crippen LogP contribution in [0.25, 0.3) is 0 Å². The Labute approximate surface area is 161 Å². The van der Waals surface area contributed by atoms with Gasteiger partial charge in [0.25, 0.3) is 5.91 Å². The average Bonchev–Trinajstić information content (AvgIpc) is 3.23. The number of pyridine rings is 1. The lowest BCUT2D eigenvalue weighted by Gasteiger charge is -2.28. The van der Waals surface area contributed by atoms with E-state index < -0.39 is 0 Å². The van der Waals surface area contributed by atoms with E-state index in [0.29, 0.717) is 12.1 Å². The molecule has 1 aliphatic heterocycles. The summed E-state index contributed by atoms with van der Waals surface area (Å²) in [5, 5.41) is 3.09. The zero-order valence-electron chi connectivity index (χ0n) is 16.3. The normalized spacial score (nSPS) is 15.4. The summed E-state index contributed by atoms with van der Waals surface area (Å²) in [7, 11) is 5.53. The van der Waals surface area contributed by atoms with Crippen LogP contribution >= 0.6 is 0 Å². The molecule has 3 rings (SSSR count). The monoisotopic (exact) mass is 368 g/mol. The molecule has 1 fully saturated rings. The van der Waals surface area contributed by atoms with Crippen molar-refractivity contribution in [3.05, 3.63) is 53.7 Å².